The van der Waals surface area contributed by atoms with Crippen molar-refractivity contribution in [3.63, 3.8) is 0 Å². The van der Waals surface area contributed by atoms with Crippen LogP contribution in [0.5, 0.6) is 11.5 Å². The van der Waals surface area contributed by atoms with E-state index in [1.54, 1.807) is 30.3 Å². The Bertz CT molecular complexity index is 794. The van der Waals surface area contributed by atoms with E-state index >= 15 is 0 Å². The topological polar surface area (TPSA) is 76.7 Å². The van der Waals surface area contributed by atoms with Crippen LogP contribution in [0.4, 0.5) is 10.1 Å². The summed E-state index contributed by atoms with van der Waals surface area (Å²) in [6.07, 6.45) is 0.300. The van der Waals surface area contributed by atoms with Crippen molar-refractivity contribution in [1.82, 2.24) is 5.32 Å². The summed E-state index contributed by atoms with van der Waals surface area (Å²) in [7, 11) is 0. The number of carbonyl (C=O) groups is 2. The third-order valence-corrected chi connectivity index (χ3v) is 3.59. The Morgan fingerprint density at radius 3 is 2.96 bits per heavy atom. The van der Waals surface area contributed by atoms with Gasteiger partial charge in [0.05, 0.1) is 18.7 Å². The monoisotopic (exact) mass is 344 g/mol. The summed E-state index contributed by atoms with van der Waals surface area (Å²) in [4.78, 5) is 23.4. The highest BCUT2D eigenvalue weighted by atomic mass is 19.1. The van der Waals surface area contributed by atoms with Crippen LogP contribution in [0.1, 0.15) is 12.0 Å². The van der Waals surface area contributed by atoms with Gasteiger partial charge in [-0.1, -0.05) is 18.2 Å². The van der Waals surface area contributed by atoms with Crippen molar-refractivity contribution in [2.75, 3.05) is 18.5 Å². The van der Waals surface area contributed by atoms with Gasteiger partial charge in [-0.25, -0.2) is 4.39 Å². The maximum Gasteiger partial charge on any atom is 0.258 e. The van der Waals surface area contributed by atoms with E-state index in [1.165, 1.54) is 12.1 Å². The molecule has 0 fully saturated rings. The van der Waals surface area contributed by atoms with Gasteiger partial charge < -0.3 is 20.1 Å². The summed E-state index contributed by atoms with van der Waals surface area (Å²) in [5.41, 5.74) is 1.38. The Hall–Kier alpha value is -3.09. The number of carbonyl (C=O) groups excluding carboxylic acids is 2. The minimum atomic E-state index is -0.517. The van der Waals surface area contributed by atoms with Crippen LogP contribution >= 0.6 is 0 Å². The summed E-state index contributed by atoms with van der Waals surface area (Å²) in [5, 5.41) is 5.44. The number of hydrogen-bond donors (Lipinski definition) is 2. The van der Waals surface area contributed by atoms with Gasteiger partial charge in [0.2, 0.25) is 5.91 Å². The van der Waals surface area contributed by atoms with Crippen LogP contribution in [0, 0.1) is 5.82 Å². The molecule has 0 aliphatic carbocycles. The number of anilines is 1. The van der Waals surface area contributed by atoms with Crippen molar-refractivity contribution in [1.29, 1.82) is 0 Å². The first-order chi connectivity index (χ1) is 12.1. The number of nitrogens with one attached hydrogen (secondary N) is 2. The van der Waals surface area contributed by atoms with Crippen LogP contribution in [0.2, 0.25) is 0 Å². The molecule has 130 valence electrons. The molecular formula is C18H17FN2O4. The first kappa shape index (κ1) is 16.8. The van der Waals surface area contributed by atoms with Gasteiger partial charge in [0.25, 0.3) is 5.91 Å². The highest BCUT2D eigenvalue weighted by Crippen LogP contribution is 2.28. The molecule has 0 atom stereocenters. The van der Waals surface area contributed by atoms with Crippen LogP contribution in [0.25, 0.3) is 0 Å². The summed E-state index contributed by atoms with van der Waals surface area (Å²) in [5.74, 6) is -0.375. The zero-order chi connectivity index (χ0) is 17.6. The predicted molar refractivity (Wildman–Crippen MR) is 88.9 cm³/mol. The lowest BCUT2D eigenvalue weighted by Crippen LogP contribution is -2.28. The van der Waals surface area contributed by atoms with E-state index in [0.717, 1.165) is 5.56 Å². The fourth-order valence-corrected chi connectivity index (χ4v) is 2.33. The average Bonchev–Trinajstić information content (AvgIpc) is 2.79. The Morgan fingerprint density at radius 1 is 1.28 bits per heavy atom. The predicted octanol–water partition coefficient (Wildman–Crippen LogP) is 2.24. The van der Waals surface area contributed by atoms with Gasteiger partial charge >= 0.3 is 0 Å². The minimum Gasteiger partial charge on any atom is -0.491 e. The van der Waals surface area contributed by atoms with Gasteiger partial charge in [0, 0.05) is 6.54 Å². The lowest BCUT2D eigenvalue weighted by molar-refractivity contribution is -0.123. The van der Waals surface area contributed by atoms with Gasteiger partial charge in [-0.3, -0.25) is 9.59 Å². The molecule has 25 heavy (non-hydrogen) atoms. The van der Waals surface area contributed by atoms with Crippen molar-refractivity contribution in [2.45, 2.75) is 13.0 Å². The second kappa shape index (κ2) is 7.65. The van der Waals surface area contributed by atoms with E-state index in [-0.39, 0.29) is 30.7 Å². The molecule has 1 heterocycles. The van der Waals surface area contributed by atoms with Crippen LogP contribution in [-0.2, 0) is 16.1 Å². The molecular weight excluding hydrogens is 327 g/mol. The second-order valence-electron chi connectivity index (χ2n) is 5.47. The SMILES string of the molecule is O=C(COc1ccccc1F)NCc1ccc2c(c1)NC(=O)CCO2. The van der Waals surface area contributed by atoms with Crippen LogP contribution in [0.3, 0.4) is 0 Å². The molecule has 0 saturated heterocycles. The fourth-order valence-electron chi connectivity index (χ4n) is 2.33. The van der Waals surface area contributed by atoms with E-state index in [0.29, 0.717) is 24.5 Å². The second-order valence-corrected chi connectivity index (χ2v) is 5.47. The maximum absolute atomic E-state index is 13.4. The van der Waals surface area contributed by atoms with Crippen molar-refractivity contribution in [2.24, 2.45) is 0 Å². The Labute approximate surface area is 143 Å². The standard InChI is InChI=1S/C18H17FN2O4/c19-13-3-1-2-4-15(13)25-11-18(23)20-10-12-5-6-16-14(9-12)21-17(22)7-8-24-16/h1-6,9H,7-8,10-11H2,(H,20,23)(H,21,22). The number of rotatable bonds is 5. The van der Waals surface area contributed by atoms with E-state index in [4.69, 9.17) is 9.47 Å². The minimum absolute atomic E-state index is 0.0301. The number of para-hydroxylation sites is 1. The zero-order valence-corrected chi connectivity index (χ0v) is 13.4. The summed E-state index contributed by atoms with van der Waals surface area (Å²) in [6, 6.07) is 11.2. The van der Waals surface area contributed by atoms with Gasteiger partial charge in [-0.2, -0.15) is 0 Å². The van der Waals surface area contributed by atoms with Crippen molar-refractivity contribution < 1.29 is 23.5 Å². The molecule has 1 aliphatic heterocycles. The number of amides is 2. The molecule has 1 aliphatic rings. The molecule has 0 aromatic heterocycles. The summed E-state index contributed by atoms with van der Waals surface area (Å²) >= 11 is 0. The molecule has 2 N–H and O–H groups in total. The quantitative estimate of drug-likeness (QED) is 0.872. The summed E-state index contributed by atoms with van der Waals surface area (Å²) in [6.45, 7) is 0.302. The first-order valence-corrected chi connectivity index (χ1v) is 7.81. The van der Waals surface area contributed by atoms with E-state index in [9.17, 15) is 14.0 Å². The molecule has 0 bridgehead atoms. The Balaban J connectivity index is 1.54. The Kier molecular flexibility index (Phi) is 5.13. The van der Waals surface area contributed by atoms with Gasteiger partial charge in [-0.05, 0) is 29.8 Å². The average molecular weight is 344 g/mol. The van der Waals surface area contributed by atoms with Gasteiger partial charge in [-0.15, -0.1) is 0 Å². The maximum atomic E-state index is 13.4. The molecule has 0 unspecified atom stereocenters. The highest BCUT2D eigenvalue weighted by Gasteiger charge is 2.14. The molecule has 0 radical (unpaired) electrons. The molecule has 0 saturated carbocycles. The van der Waals surface area contributed by atoms with Crippen LogP contribution in [0.15, 0.2) is 42.5 Å². The van der Waals surface area contributed by atoms with Gasteiger partial charge in [0.1, 0.15) is 5.75 Å². The van der Waals surface area contributed by atoms with Gasteiger partial charge in [0.15, 0.2) is 18.2 Å². The van der Waals surface area contributed by atoms with Crippen LogP contribution < -0.4 is 20.1 Å². The van der Waals surface area contributed by atoms with Crippen molar-refractivity contribution in [3.05, 3.63) is 53.8 Å². The molecule has 2 amide bonds. The third-order valence-electron chi connectivity index (χ3n) is 3.59. The van der Waals surface area contributed by atoms with Crippen molar-refractivity contribution in [3.8, 4) is 11.5 Å². The van der Waals surface area contributed by atoms with Crippen molar-refractivity contribution >= 4 is 17.5 Å². The lowest BCUT2D eigenvalue weighted by Gasteiger charge is -2.11. The zero-order valence-electron chi connectivity index (χ0n) is 13.4. The third kappa shape index (κ3) is 4.47. The van der Waals surface area contributed by atoms with Crippen LogP contribution in [-0.4, -0.2) is 25.0 Å². The number of halogens is 1. The fraction of sp³-hybridized carbons (Fsp3) is 0.222. The molecule has 7 heteroatoms. The Morgan fingerprint density at radius 2 is 2.12 bits per heavy atom. The number of benzene rings is 2. The molecule has 2 aromatic carbocycles. The number of hydrogen-bond acceptors (Lipinski definition) is 4. The molecule has 6 nitrogen and oxygen atoms in total. The normalized spacial score (nSPS) is 13.1. The first-order valence-electron chi connectivity index (χ1n) is 7.81. The molecule has 0 spiro atoms. The highest BCUT2D eigenvalue weighted by molar-refractivity contribution is 5.93. The summed E-state index contributed by atoms with van der Waals surface area (Å²) < 4.78 is 24.0. The van der Waals surface area contributed by atoms with E-state index < -0.39 is 5.82 Å². The van der Waals surface area contributed by atoms with E-state index in [2.05, 4.69) is 10.6 Å². The van der Waals surface area contributed by atoms with E-state index in [1.807, 2.05) is 0 Å². The molecule has 3 rings (SSSR count). The lowest BCUT2D eigenvalue weighted by atomic mass is 10.2. The largest absolute Gasteiger partial charge is 0.491 e. The number of fused-ring (bicyclic) bond motifs is 1. The smallest absolute Gasteiger partial charge is 0.258 e. The molecule has 2 aromatic rings. The number of ether oxygens (including phenoxy) is 2.